The van der Waals surface area contributed by atoms with Gasteiger partial charge < -0.3 is 0 Å². The highest BCUT2D eigenvalue weighted by atomic mass is 79.9. The van der Waals surface area contributed by atoms with Crippen LogP contribution in [0.2, 0.25) is 0 Å². The number of carbonyl (C=O) groups excluding carboxylic acids is 1. The first-order chi connectivity index (χ1) is 6.61. The number of hydrogen-bond donors (Lipinski definition) is 0. The number of hydrogen-bond acceptors (Lipinski definition) is 1. The topological polar surface area (TPSA) is 17.1 Å². The molecule has 1 rings (SSSR count). The van der Waals surface area contributed by atoms with E-state index in [1.165, 1.54) is 0 Å². The van der Waals surface area contributed by atoms with Crippen molar-refractivity contribution < 1.29 is 4.79 Å². The Morgan fingerprint density at radius 3 is 2.14 bits per heavy atom. The number of rotatable bonds is 4. The first-order valence-electron chi connectivity index (χ1n) is 4.95. The summed E-state index contributed by atoms with van der Waals surface area (Å²) in [4.78, 5) is 11.9. The van der Waals surface area contributed by atoms with Crippen LogP contribution < -0.4 is 0 Å². The van der Waals surface area contributed by atoms with Gasteiger partial charge in [0, 0.05) is 5.41 Å². The molecule has 78 valence electrons. The Kier molecular flexibility index (Phi) is 3.71. The fourth-order valence-corrected chi connectivity index (χ4v) is 3.12. The molecule has 0 N–H and O–H groups in total. The predicted molar refractivity (Wildman–Crippen MR) is 63.5 cm³/mol. The summed E-state index contributed by atoms with van der Waals surface area (Å²) in [7, 11) is 0. The van der Waals surface area contributed by atoms with Crippen molar-refractivity contribution in [3.05, 3.63) is 25.3 Å². The summed E-state index contributed by atoms with van der Waals surface area (Å²) < 4.78 is 0. The maximum Gasteiger partial charge on any atom is 0.150 e. The summed E-state index contributed by atoms with van der Waals surface area (Å²) in [6, 6.07) is 0. The molecule has 0 amide bonds. The Hall–Kier alpha value is -0.370. The fraction of sp³-hybridized carbons (Fsp3) is 0.583. The third-order valence-electron chi connectivity index (χ3n) is 3.62. The lowest BCUT2D eigenvalue weighted by Crippen LogP contribution is -2.36. The molecule has 2 atom stereocenters. The van der Waals surface area contributed by atoms with Crippen molar-refractivity contribution in [3.63, 3.8) is 0 Å². The lowest BCUT2D eigenvalue weighted by molar-refractivity contribution is -0.127. The zero-order chi connectivity index (χ0) is 10.8. The SMILES string of the molecule is C=C[C@H]1CC[C@H](C=C)C1(C)C(=O)CBr. The minimum absolute atomic E-state index is 0.268. The third-order valence-corrected chi connectivity index (χ3v) is 4.13. The van der Waals surface area contributed by atoms with E-state index >= 15 is 0 Å². The number of allylic oxidation sites excluding steroid dienone is 2. The normalized spacial score (nSPS) is 29.9. The quantitative estimate of drug-likeness (QED) is 0.557. The van der Waals surface area contributed by atoms with E-state index in [-0.39, 0.29) is 11.2 Å². The molecule has 1 saturated carbocycles. The highest BCUT2D eigenvalue weighted by molar-refractivity contribution is 9.09. The van der Waals surface area contributed by atoms with Gasteiger partial charge in [-0.3, -0.25) is 4.79 Å². The Labute approximate surface area is 94.4 Å². The minimum atomic E-state index is -0.285. The molecule has 0 aromatic rings. The molecule has 0 bridgehead atoms. The second kappa shape index (κ2) is 4.43. The standard InChI is InChI=1S/C12H17BrO/c1-4-9-6-7-10(5-2)12(9,3)11(14)8-13/h4-5,9-10H,1-2,6-8H2,3H3/t9-,10-/m0/s1. The summed E-state index contributed by atoms with van der Waals surface area (Å²) in [5.74, 6) is 0.871. The second-order valence-corrected chi connectivity index (χ2v) is 4.66. The summed E-state index contributed by atoms with van der Waals surface area (Å²) in [6.07, 6.45) is 5.94. The number of halogens is 1. The molecule has 0 saturated heterocycles. The number of Topliss-reactive ketones (excluding diaryl/α,β-unsaturated/α-hetero) is 1. The number of alkyl halides is 1. The lowest BCUT2D eigenvalue weighted by Gasteiger charge is -2.32. The van der Waals surface area contributed by atoms with Gasteiger partial charge in [0.25, 0.3) is 0 Å². The molecule has 0 radical (unpaired) electrons. The Morgan fingerprint density at radius 2 is 1.86 bits per heavy atom. The summed E-state index contributed by atoms with van der Waals surface area (Å²) in [5.41, 5.74) is -0.285. The largest absolute Gasteiger partial charge is 0.298 e. The maximum atomic E-state index is 11.9. The minimum Gasteiger partial charge on any atom is -0.298 e. The van der Waals surface area contributed by atoms with Gasteiger partial charge in [-0.1, -0.05) is 35.0 Å². The molecule has 1 aliphatic rings. The molecule has 1 nitrogen and oxygen atoms in total. The van der Waals surface area contributed by atoms with Gasteiger partial charge in [0.15, 0.2) is 0 Å². The van der Waals surface area contributed by atoms with Crippen LogP contribution in [0, 0.1) is 17.3 Å². The van der Waals surface area contributed by atoms with Crippen molar-refractivity contribution in [2.24, 2.45) is 17.3 Å². The lowest BCUT2D eigenvalue weighted by atomic mass is 9.71. The van der Waals surface area contributed by atoms with E-state index in [9.17, 15) is 4.79 Å². The van der Waals surface area contributed by atoms with Gasteiger partial charge in [0.1, 0.15) is 5.78 Å². The predicted octanol–water partition coefficient (Wildman–Crippen LogP) is 3.35. The van der Waals surface area contributed by atoms with Crippen LogP contribution in [0.15, 0.2) is 25.3 Å². The van der Waals surface area contributed by atoms with Gasteiger partial charge in [-0.15, -0.1) is 13.2 Å². The van der Waals surface area contributed by atoms with Crippen LogP contribution in [0.3, 0.4) is 0 Å². The maximum absolute atomic E-state index is 11.9. The first kappa shape index (κ1) is 11.7. The molecule has 0 spiro atoms. The molecule has 0 heterocycles. The van der Waals surface area contributed by atoms with Crippen LogP contribution in [0.1, 0.15) is 19.8 Å². The smallest absolute Gasteiger partial charge is 0.150 e. The molecule has 0 unspecified atom stereocenters. The van der Waals surface area contributed by atoms with Crippen molar-refractivity contribution in [3.8, 4) is 0 Å². The van der Waals surface area contributed by atoms with Crippen LogP contribution in [0.25, 0.3) is 0 Å². The van der Waals surface area contributed by atoms with E-state index in [1.54, 1.807) is 0 Å². The number of ketones is 1. The zero-order valence-electron chi connectivity index (χ0n) is 8.63. The molecular formula is C12H17BrO. The molecule has 0 aromatic heterocycles. The second-order valence-electron chi connectivity index (χ2n) is 4.10. The average molecular weight is 257 g/mol. The Morgan fingerprint density at radius 1 is 1.43 bits per heavy atom. The van der Waals surface area contributed by atoms with Crippen LogP contribution in [-0.4, -0.2) is 11.1 Å². The van der Waals surface area contributed by atoms with E-state index in [2.05, 4.69) is 29.1 Å². The van der Waals surface area contributed by atoms with Crippen LogP contribution >= 0.6 is 15.9 Å². The van der Waals surface area contributed by atoms with E-state index < -0.39 is 0 Å². The van der Waals surface area contributed by atoms with Gasteiger partial charge in [0.05, 0.1) is 5.33 Å². The van der Waals surface area contributed by atoms with Crippen molar-refractivity contribution >= 4 is 21.7 Å². The van der Waals surface area contributed by atoms with E-state index in [4.69, 9.17) is 0 Å². The Balaban J connectivity index is 3.02. The first-order valence-corrected chi connectivity index (χ1v) is 6.07. The van der Waals surface area contributed by atoms with Crippen LogP contribution in [-0.2, 0) is 4.79 Å². The van der Waals surface area contributed by atoms with E-state index in [1.807, 2.05) is 19.1 Å². The summed E-state index contributed by atoms with van der Waals surface area (Å²) in [6.45, 7) is 9.69. The third kappa shape index (κ3) is 1.60. The summed E-state index contributed by atoms with van der Waals surface area (Å²) >= 11 is 3.26. The van der Waals surface area contributed by atoms with Crippen molar-refractivity contribution in [2.75, 3.05) is 5.33 Å². The summed E-state index contributed by atoms with van der Waals surface area (Å²) in [5, 5.41) is 0.429. The van der Waals surface area contributed by atoms with E-state index in [0.29, 0.717) is 17.2 Å². The van der Waals surface area contributed by atoms with E-state index in [0.717, 1.165) is 12.8 Å². The molecule has 0 aliphatic heterocycles. The van der Waals surface area contributed by atoms with Crippen LogP contribution in [0.5, 0.6) is 0 Å². The Bertz CT molecular complexity index is 241. The molecular weight excluding hydrogens is 240 g/mol. The van der Waals surface area contributed by atoms with Crippen molar-refractivity contribution in [1.82, 2.24) is 0 Å². The van der Waals surface area contributed by atoms with Crippen LogP contribution in [0.4, 0.5) is 0 Å². The van der Waals surface area contributed by atoms with Crippen molar-refractivity contribution in [2.45, 2.75) is 19.8 Å². The number of carbonyl (C=O) groups is 1. The zero-order valence-corrected chi connectivity index (χ0v) is 10.2. The average Bonchev–Trinajstić information content (AvgIpc) is 2.54. The van der Waals surface area contributed by atoms with Crippen molar-refractivity contribution in [1.29, 1.82) is 0 Å². The highest BCUT2D eigenvalue weighted by Gasteiger charge is 2.48. The molecule has 0 aromatic carbocycles. The molecule has 1 fully saturated rings. The molecule has 1 aliphatic carbocycles. The molecule has 2 heteroatoms. The van der Waals surface area contributed by atoms with Gasteiger partial charge in [0.2, 0.25) is 0 Å². The van der Waals surface area contributed by atoms with Gasteiger partial charge in [-0.05, 0) is 24.7 Å². The van der Waals surface area contributed by atoms with Gasteiger partial charge in [-0.25, -0.2) is 0 Å². The highest BCUT2D eigenvalue weighted by Crippen LogP contribution is 2.49. The monoisotopic (exact) mass is 256 g/mol. The fourth-order valence-electron chi connectivity index (χ4n) is 2.52. The van der Waals surface area contributed by atoms with Gasteiger partial charge >= 0.3 is 0 Å². The van der Waals surface area contributed by atoms with Gasteiger partial charge in [-0.2, -0.15) is 0 Å². The molecule has 14 heavy (non-hydrogen) atoms.